The van der Waals surface area contributed by atoms with E-state index in [0.717, 1.165) is 35.1 Å². The van der Waals surface area contributed by atoms with E-state index >= 15 is 0 Å². The zero-order valence-electron chi connectivity index (χ0n) is 16.3. The Bertz CT molecular complexity index is 857. The zero-order valence-corrected chi connectivity index (χ0v) is 18.8. The molecule has 1 heterocycles. The number of anilines is 1. The Morgan fingerprint density at radius 2 is 1.89 bits per heavy atom. The summed E-state index contributed by atoms with van der Waals surface area (Å²) in [4.78, 5) is 19.7. The number of Topliss-reactive ketones (excluding diaryl/α,β-unsaturated/α-hetero) is 1. The van der Waals surface area contributed by atoms with Gasteiger partial charge in [-0.25, -0.2) is 0 Å². The lowest BCUT2D eigenvalue weighted by atomic mass is 10.1. The monoisotopic (exact) mass is 464 g/mol. The van der Waals surface area contributed by atoms with E-state index in [1.807, 2.05) is 23.1 Å². The van der Waals surface area contributed by atoms with Gasteiger partial charge in [-0.1, -0.05) is 30.0 Å². The highest BCUT2D eigenvalue weighted by Gasteiger charge is 2.22. The van der Waals surface area contributed by atoms with E-state index in [-0.39, 0.29) is 29.3 Å². The third-order valence-corrected chi connectivity index (χ3v) is 5.53. The maximum atomic E-state index is 13.0. The number of aliphatic imine (C=N–C) groups is 1. The molecule has 7 heteroatoms. The molecule has 0 radical (unpaired) electrons. The Morgan fingerprint density at radius 3 is 2.54 bits per heavy atom. The van der Waals surface area contributed by atoms with Crippen LogP contribution in [0, 0.1) is 6.92 Å². The van der Waals surface area contributed by atoms with Crippen molar-refractivity contribution < 1.29 is 14.3 Å². The molecule has 3 rings (SSSR count). The summed E-state index contributed by atoms with van der Waals surface area (Å²) in [6.07, 6.45) is 1.07. The molecule has 0 spiro atoms. The number of amidine groups is 1. The van der Waals surface area contributed by atoms with Gasteiger partial charge in [-0.05, 0) is 43.2 Å². The van der Waals surface area contributed by atoms with Gasteiger partial charge in [-0.3, -0.25) is 9.79 Å². The Kier molecular flexibility index (Phi) is 8.38. The number of methoxy groups -OCH3 is 2. The van der Waals surface area contributed by atoms with Crippen LogP contribution in [0.4, 0.5) is 5.69 Å². The minimum Gasteiger partial charge on any atom is -0.493 e. The second-order valence-corrected chi connectivity index (χ2v) is 7.29. The Hall–Kier alpha value is -1.99. The third-order valence-electron chi connectivity index (χ3n) is 4.43. The molecule has 0 bridgehead atoms. The van der Waals surface area contributed by atoms with E-state index < -0.39 is 0 Å². The number of hydrogen-bond acceptors (Lipinski definition) is 6. The third kappa shape index (κ3) is 5.08. The van der Waals surface area contributed by atoms with Gasteiger partial charge in [0.15, 0.2) is 22.4 Å². The lowest BCUT2D eigenvalue weighted by molar-refractivity contribution is 0.100. The van der Waals surface area contributed by atoms with Gasteiger partial charge < -0.3 is 14.4 Å². The highest BCUT2D eigenvalue weighted by atomic mass is 79.9. The molecule has 0 fully saturated rings. The van der Waals surface area contributed by atoms with Gasteiger partial charge in [0.25, 0.3) is 0 Å². The summed E-state index contributed by atoms with van der Waals surface area (Å²) in [5.41, 5.74) is 2.72. The maximum Gasteiger partial charge on any atom is 0.182 e. The molecule has 5 nitrogen and oxygen atoms in total. The number of nitrogens with zero attached hydrogens (tertiary/aromatic N) is 2. The second-order valence-electron chi connectivity index (χ2n) is 6.23. The lowest BCUT2D eigenvalue weighted by Gasteiger charge is -2.28. The summed E-state index contributed by atoms with van der Waals surface area (Å²) in [6.45, 7) is 3.08. The number of ether oxygens (including phenoxy) is 2. The normalized spacial score (nSPS) is 13.2. The van der Waals surface area contributed by atoms with Gasteiger partial charge in [0, 0.05) is 23.5 Å². The van der Waals surface area contributed by atoms with Gasteiger partial charge >= 0.3 is 0 Å². The molecule has 0 aliphatic carbocycles. The molecular formula is C21H25BrN2O3S. The van der Waals surface area contributed by atoms with Gasteiger partial charge in [-0.15, -0.1) is 17.0 Å². The summed E-state index contributed by atoms with van der Waals surface area (Å²) in [7, 11) is 3.15. The van der Waals surface area contributed by atoms with Crippen molar-refractivity contribution in [1.29, 1.82) is 0 Å². The van der Waals surface area contributed by atoms with Gasteiger partial charge in [0.05, 0.1) is 20.8 Å². The molecule has 0 saturated heterocycles. The number of rotatable bonds is 6. The molecule has 150 valence electrons. The van der Waals surface area contributed by atoms with Crippen LogP contribution >= 0.6 is 28.7 Å². The number of thioether (sulfide) groups is 1. The van der Waals surface area contributed by atoms with Crippen molar-refractivity contribution in [2.45, 2.75) is 13.3 Å². The fourth-order valence-electron chi connectivity index (χ4n) is 2.98. The van der Waals surface area contributed by atoms with Crippen LogP contribution in [0.5, 0.6) is 11.5 Å². The highest BCUT2D eigenvalue weighted by molar-refractivity contribution is 8.93. The van der Waals surface area contributed by atoms with Crippen LogP contribution in [-0.2, 0) is 0 Å². The predicted octanol–water partition coefficient (Wildman–Crippen LogP) is 4.77. The van der Waals surface area contributed by atoms with Crippen LogP contribution in [0.3, 0.4) is 0 Å². The Labute approximate surface area is 180 Å². The molecule has 2 aromatic carbocycles. The highest BCUT2D eigenvalue weighted by Crippen LogP contribution is 2.29. The first-order valence-electron chi connectivity index (χ1n) is 8.89. The largest absolute Gasteiger partial charge is 0.493 e. The molecule has 0 atom stereocenters. The van der Waals surface area contributed by atoms with Crippen molar-refractivity contribution in [1.82, 2.24) is 0 Å². The summed E-state index contributed by atoms with van der Waals surface area (Å²) >= 11 is 1.70. The number of hydrogen-bond donors (Lipinski definition) is 0. The number of halogens is 1. The van der Waals surface area contributed by atoms with E-state index in [0.29, 0.717) is 17.1 Å². The number of carbonyl (C=O) groups excluding carboxylic acids is 1. The molecular weight excluding hydrogens is 440 g/mol. The van der Waals surface area contributed by atoms with Crippen molar-refractivity contribution in [2.75, 3.05) is 38.0 Å². The van der Waals surface area contributed by atoms with Crippen LogP contribution < -0.4 is 14.4 Å². The van der Waals surface area contributed by atoms with E-state index in [1.165, 1.54) is 0 Å². The standard InChI is InChI=1S/C21H24N2O3S.BrH/c1-15-7-4-5-8-17(15)23(21-22-11-6-12-27-21)14-18(24)16-9-10-19(25-2)20(13-16)26-3;/h4-5,7-10,13H,6,11-12,14H2,1-3H3;1H. The first-order chi connectivity index (χ1) is 13.1. The summed E-state index contributed by atoms with van der Waals surface area (Å²) < 4.78 is 10.6. The van der Waals surface area contributed by atoms with E-state index in [9.17, 15) is 4.79 Å². The molecule has 0 unspecified atom stereocenters. The van der Waals surface area contributed by atoms with Crippen LogP contribution in [0.1, 0.15) is 22.3 Å². The number of ketones is 1. The molecule has 0 aromatic heterocycles. The van der Waals surface area contributed by atoms with E-state index in [4.69, 9.17) is 9.47 Å². The second kappa shape index (κ2) is 10.5. The van der Waals surface area contributed by atoms with Crippen molar-refractivity contribution >= 4 is 45.4 Å². The zero-order chi connectivity index (χ0) is 19.2. The van der Waals surface area contributed by atoms with Crippen LogP contribution in [0.2, 0.25) is 0 Å². The van der Waals surface area contributed by atoms with Crippen molar-refractivity contribution in [3.05, 3.63) is 53.6 Å². The van der Waals surface area contributed by atoms with E-state index in [1.54, 1.807) is 44.2 Å². The summed E-state index contributed by atoms with van der Waals surface area (Å²) in [5, 5.41) is 0.907. The predicted molar refractivity (Wildman–Crippen MR) is 122 cm³/mol. The first-order valence-corrected chi connectivity index (χ1v) is 9.88. The number of aryl methyl sites for hydroxylation is 1. The Morgan fingerprint density at radius 1 is 1.14 bits per heavy atom. The molecule has 1 aliphatic rings. The number of benzene rings is 2. The maximum absolute atomic E-state index is 13.0. The fourth-order valence-corrected chi connectivity index (χ4v) is 3.94. The number of carbonyl (C=O) groups is 1. The molecule has 0 amide bonds. The molecule has 2 aromatic rings. The quantitative estimate of drug-likeness (QED) is 0.576. The Balaban J connectivity index is 0.00000280. The molecule has 1 aliphatic heterocycles. The van der Waals surface area contributed by atoms with Crippen molar-refractivity contribution in [3.8, 4) is 11.5 Å². The topological polar surface area (TPSA) is 51.1 Å². The van der Waals surface area contributed by atoms with Gasteiger partial charge in [-0.2, -0.15) is 0 Å². The number of para-hydroxylation sites is 1. The first kappa shape index (κ1) is 22.3. The van der Waals surface area contributed by atoms with Crippen LogP contribution in [0.25, 0.3) is 0 Å². The smallest absolute Gasteiger partial charge is 0.182 e. The minimum absolute atomic E-state index is 0. The van der Waals surface area contributed by atoms with Gasteiger partial charge in [0.1, 0.15) is 0 Å². The summed E-state index contributed by atoms with van der Waals surface area (Å²) in [5.74, 6) is 2.19. The molecule has 28 heavy (non-hydrogen) atoms. The summed E-state index contributed by atoms with van der Waals surface area (Å²) in [6, 6.07) is 13.3. The molecule has 0 saturated carbocycles. The van der Waals surface area contributed by atoms with Crippen LogP contribution in [-0.4, -0.2) is 44.0 Å². The average molecular weight is 465 g/mol. The van der Waals surface area contributed by atoms with Crippen molar-refractivity contribution in [2.24, 2.45) is 4.99 Å². The SMILES string of the molecule is Br.COc1ccc(C(=O)CN(C2=NCCCS2)c2ccccc2C)cc1OC. The van der Waals surface area contributed by atoms with E-state index in [2.05, 4.69) is 18.0 Å². The minimum atomic E-state index is 0. The average Bonchev–Trinajstić information content (AvgIpc) is 2.72. The van der Waals surface area contributed by atoms with Gasteiger partial charge in [0.2, 0.25) is 0 Å². The van der Waals surface area contributed by atoms with Crippen LogP contribution in [0.15, 0.2) is 47.5 Å². The lowest BCUT2D eigenvalue weighted by Crippen LogP contribution is -2.36. The van der Waals surface area contributed by atoms with Crippen molar-refractivity contribution in [3.63, 3.8) is 0 Å². The molecule has 0 N–H and O–H groups in total. The fraction of sp³-hybridized carbons (Fsp3) is 0.333.